The highest BCUT2D eigenvalue weighted by Gasteiger charge is 2.22. The van der Waals surface area contributed by atoms with E-state index in [1.165, 1.54) is 0 Å². The SMILES string of the molecule is CCOC(=O)NC(CC(N)=O)C(=O)O. The summed E-state index contributed by atoms with van der Waals surface area (Å²) in [5, 5.41) is 10.5. The normalized spacial score (nSPS) is 11.5. The molecule has 0 aliphatic rings. The highest BCUT2D eigenvalue weighted by atomic mass is 16.5. The van der Waals surface area contributed by atoms with Crippen LogP contribution in [0.3, 0.4) is 0 Å². The summed E-state index contributed by atoms with van der Waals surface area (Å²) < 4.78 is 4.44. The van der Waals surface area contributed by atoms with Gasteiger partial charge in [-0.1, -0.05) is 0 Å². The average molecular weight is 204 g/mol. The van der Waals surface area contributed by atoms with Gasteiger partial charge in [-0.2, -0.15) is 0 Å². The minimum atomic E-state index is -1.34. The lowest BCUT2D eigenvalue weighted by Crippen LogP contribution is -2.43. The zero-order valence-corrected chi connectivity index (χ0v) is 7.65. The summed E-state index contributed by atoms with van der Waals surface area (Å²) in [5.74, 6) is -2.15. The molecule has 0 saturated carbocycles. The minimum absolute atomic E-state index is 0.120. The van der Waals surface area contributed by atoms with E-state index in [2.05, 4.69) is 4.74 Å². The third-order valence-electron chi connectivity index (χ3n) is 1.27. The Morgan fingerprint density at radius 2 is 2.07 bits per heavy atom. The molecule has 0 aromatic carbocycles. The molecule has 0 heterocycles. The predicted octanol–water partition coefficient (Wildman–Crippen LogP) is -0.939. The molecular weight excluding hydrogens is 192 g/mol. The van der Waals surface area contributed by atoms with E-state index in [1.807, 2.05) is 5.32 Å². The van der Waals surface area contributed by atoms with Crippen molar-refractivity contribution in [1.29, 1.82) is 0 Å². The van der Waals surface area contributed by atoms with E-state index in [0.717, 1.165) is 0 Å². The van der Waals surface area contributed by atoms with Crippen molar-refractivity contribution in [2.45, 2.75) is 19.4 Å². The first-order valence-electron chi connectivity index (χ1n) is 3.91. The minimum Gasteiger partial charge on any atom is -0.480 e. The second-order valence-corrected chi connectivity index (χ2v) is 2.43. The molecule has 0 aliphatic carbocycles. The van der Waals surface area contributed by atoms with Gasteiger partial charge in [-0.3, -0.25) is 4.79 Å². The topological polar surface area (TPSA) is 119 Å². The summed E-state index contributed by atoms with van der Waals surface area (Å²) in [5.41, 5.74) is 4.79. The van der Waals surface area contributed by atoms with Gasteiger partial charge in [0.25, 0.3) is 0 Å². The van der Waals surface area contributed by atoms with Gasteiger partial charge in [-0.05, 0) is 6.92 Å². The van der Waals surface area contributed by atoms with Gasteiger partial charge in [-0.25, -0.2) is 9.59 Å². The fraction of sp³-hybridized carbons (Fsp3) is 0.571. The van der Waals surface area contributed by atoms with Crippen molar-refractivity contribution in [1.82, 2.24) is 5.32 Å². The van der Waals surface area contributed by atoms with Gasteiger partial charge in [-0.15, -0.1) is 0 Å². The molecule has 0 spiro atoms. The van der Waals surface area contributed by atoms with Gasteiger partial charge in [0.1, 0.15) is 6.04 Å². The molecule has 2 amide bonds. The summed E-state index contributed by atoms with van der Waals surface area (Å²) in [6.07, 6.45) is -1.35. The van der Waals surface area contributed by atoms with Gasteiger partial charge >= 0.3 is 12.1 Å². The summed E-state index contributed by atoms with van der Waals surface area (Å²) in [6.45, 7) is 1.69. The second-order valence-electron chi connectivity index (χ2n) is 2.43. The molecule has 14 heavy (non-hydrogen) atoms. The van der Waals surface area contributed by atoms with Crippen molar-refractivity contribution >= 4 is 18.0 Å². The van der Waals surface area contributed by atoms with E-state index in [4.69, 9.17) is 10.8 Å². The maximum Gasteiger partial charge on any atom is 0.407 e. The molecule has 0 fully saturated rings. The number of hydrogen-bond acceptors (Lipinski definition) is 4. The fourth-order valence-electron chi connectivity index (χ4n) is 0.716. The number of nitrogens with two attached hydrogens (primary N) is 1. The smallest absolute Gasteiger partial charge is 0.407 e. The van der Waals surface area contributed by atoms with Crippen LogP contribution in [-0.4, -0.2) is 35.7 Å². The Hall–Kier alpha value is -1.79. The molecule has 80 valence electrons. The first-order chi connectivity index (χ1) is 6.47. The molecule has 7 heteroatoms. The molecule has 0 aromatic rings. The number of nitrogens with one attached hydrogen (secondary N) is 1. The number of alkyl carbamates (subject to hydrolysis) is 1. The Bertz CT molecular complexity index is 240. The van der Waals surface area contributed by atoms with E-state index in [0.29, 0.717) is 0 Å². The van der Waals surface area contributed by atoms with Crippen molar-refractivity contribution in [3.63, 3.8) is 0 Å². The summed E-state index contributed by atoms with van der Waals surface area (Å²) in [6, 6.07) is -1.34. The number of primary amides is 1. The summed E-state index contributed by atoms with van der Waals surface area (Å²) >= 11 is 0. The van der Waals surface area contributed by atoms with Gasteiger partial charge < -0.3 is 20.9 Å². The van der Waals surface area contributed by atoms with Crippen LogP contribution in [-0.2, 0) is 14.3 Å². The number of carboxylic acids is 1. The van der Waals surface area contributed by atoms with Crippen LogP contribution in [0.2, 0.25) is 0 Å². The summed E-state index contributed by atoms with van der Waals surface area (Å²) in [7, 11) is 0. The van der Waals surface area contributed by atoms with Crippen LogP contribution < -0.4 is 11.1 Å². The fourth-order valence-corrected chi connectivity index (χ4v) is 0.716. The van der Waals surface area contributed by atoms with Crippen molar-refractivity contribution < 1.29 is 24.2 Å². The van der Waals surface area contributed by atoms with E-state index < -0.39 is 30.4 Å². The number of hydrogen-bond donors (Lipinski definition) is 3. The molecule has 0 saturated heterocycles. The third-order valence-corrected chi connectivity index (χ3v) is 1.27. The van der Waals surface area contributed by atoms with E-state index >= 15 is 0 Å². The highest BCUT2D eigenvalue weighted by molar-refractivity contribution is 5.86. The zero-order valence-electron chi connectivity index (χ0n) is 7.65. The number of ether oxygens (including phenoxy) is 1. The van der Waals surface area contributed by atoms with Crippen LogP contribution in [0, 0.1) is 0 Å². The van der Waals surface area contributed by atoms with Gasteiger partial charge in [0, 0.05) is 0 Å². The molecule has 0 rings (SSSR count). The molecule has 0 radical (unpaired) electrons. The van der Waals surface area contributed by atoms with Crippen LogP contribution in [0.5, 0.6) is 0 Å². The largest absolute Gasteiger partial charge is 0.480 e. The molecular formula is C7H12N2O5. The number of carbonyl (C=O) groups is 3. The Morgan fingerprint density at radius 1 is 1.50 bits per heavy atom. The Morgan fingerprint density at radius 3 is 2.43 bits per heavy atom. The number of carboxylic acid groups (broad SMARTS) is 1. The van der Waals surface area contributed by atoms with Crippen LogP contribution in [0.15, 0.2) is 0 Å². The van der Waals surface area contributed by atoms with E-state index in [9.17, 15) is 14.4 Å². The Labute approximate surface area is 80.2 Å². The van der Waals surface area contributed by atoms with Gasteiger partial charge in [0.2, 0.25) is 5.91 Å². The van der Waals surface area contributed by atoms with Gasteiger partial charge in [0.05, 0.1) is 13.0 Å². The molecule has 0 aliphatic heterocycles. The highest BCUT2D eigenvalue weighted by Crippen LogP contribution is 1.92. The number of amides is 2. The average Bonchev–Trinajstić information content (AvgIpc) is 2.02. The van der Waals surface area contributed by atoms with Crippen molar-refractivity contribution in [3.05, 3.63) is 0 Å². The summed E-state index contributed by atoms with van der Waals surface area (Å²) in [4.78, 5) is 31.7. The van der Waals surface area contributed by atoms with Crippen molar-refractivity contribution in [2.24, 2.45) is 5.73 Å². The molecule has 1 unspecified atom stereocenters. The number of aliphatic carboxylic acids is 1. The molecule has 0 aromatic heterocycles. The van der Waals surface area contributed by atoms with Crippen molar-refractivity contribution in [2.75, 3.05) is 6.61 Å². The maximum absolute atomic E-state index is 10.8. The number of carbonyl (C=O) groups excluding carboxylic acids is 2. The lowest BCUT2D eigenvalue weighted by molar-refractivity contribution is -0.141. The van der Waals surface area contributed by atoms with E-state index in [-0.39, 0.29) is 6.61 Å². The second kappa shape index (κ2) is 5.79. The quantitative estimate of drug-likeness (QED) is 0.534. The first kappa shape index (κ1) is 12.2. The lowest BCUT2D eigenvalue weighted by atomic mass is 10.2. The van der Waals surface area contributed by atoms with E-state index in [1.54, 1.807) is 6.92 Å². The first-order valence-corrected chi connectivity index (χ1v) is 3.91. The predicted molar refractivity (Wildman–Crippen MR) is 45.4 cm³/mol. The van der Waals surface area contributed by atoms with Gasteiger partial charge in [0.15, 0.2) is 0 Å². The Kier molecular flexibility index (Phi) is 5.05. The molecule has 0 bridgehead atoms. The van der Waals surface area contributed by atoms with Crippen molar-refractivity contribution in [3.8, 4) is 0 Å². The Balaban J connectivity index is 4.16. The monoisotopic (exact) mass is 204 g/mol. The molecule has 7 nitrogen and oxygen atoms in total. The zero-order chi connectivity index (χ0) is 11.1. The van der Waals surface area contributed by atoms with Crippen LogP contribution in [0.4, 0.5) is 4.79 Å². The molecule has 1 atom stereocenters. The van der Waals surface area contributed by atoms with Crippen LogP contribution in [0.1, 0.15) is 13.3 Å². The lowest BCUT2D eigenvalue weighted by Gasteiger charge is -2.11. The maximum atomic E-state index is 10.8. The standard InChI is InChI=1S/C7H12N2O5/c1-2-14-7(13)9-4(6(11)12)3-5(8)10/h4H,2-3H2,1H3,(H2,8,10)(H,9,13)(H,11,12). The third kappa shape index (κ3) is 4.96. The van der Waals surface area contributed by atoms with Crippen LogP contribution in [0.25, 0.3) is 0 Å². The number of rotatable bonds is 5. The van der Waals surface area contributed by atoms with Crippen LogP contribution >= 0.6 is 0 Å². The molecule has 4 N–H and O–H groups in total.